The molecule has 0 unspecified atom stereocenters. The second-order valence-corrected chi connectivity index (χ2v) is 16.1. The molecule has 248 valence electrons. The van der Waals surface area contributed by atoms with Gasteiger partial charge in [-0.25, -0.2) is 16.8 Å². The summed E-state index contributed by atoms with van der Waals surface area (Å²) >= 11 is 6.06. The average molecular weight is 689 g/mol. The monoisotopic (exact) mass is 688 g/mol. The van der Waals surface area contributed by atoms with Crippen molar-refractivity contribution in [1.82, 2.24) is 13.9 Å². The third-order valence-electron chi connectivity index (χ3n) is 8.82. The average Bonchev–Trinajstić information content (AvgIpc) is 3.60. The molecule has 1 saturated heterocycles. The van der Waals surface area contributed by atoms with Crippen LogP contribution in [-0.2, 0) is 37.9 Å². The number of nitrogens with one attached hydrogen (secondary N) is 2. The van der Waals surface area contributed by atoms with Gasteiger partial charge in [0.2, 0.25) is 20.0 Å². The minimum absolute atomic E-state index is 0.0280. The standard InChI is InChI=1S/C33H41ClN4O6S2/c1-35-32-20-27(8-15-33(32)44-24-39)22-37(21-26-16-18-36-19-17-26)45(40,41)30-11-13-31(14-12-30)46(42,43)38(29-4-2-3-5-29)23-25-6-9-28(34)10-7-25/h6-15,20,24,26,29,35-36H,2-5,16-19,21-23H2,1H3. The van der Waals surface area contributed by atoms with Gasteiger partial charge in [-0.05, 0) is 104 Å². The fraction of sp³-hybridized carbons (Fsp3) is 0.424. The lowest BCUT2D eigenvalue weighted by Crippen LogP contribution is -2.39. The maximum Gasteiger partial charge on any atom is 0.298 e. The van der Waals surface area contributed by atoms with E-state index in [4.69, 9.17) is 16.3 Å². The molecule has 13 heteroatoms. The van der Waals surface area contributed by atoms with Crippen LogP contribution in [0.2, 0.25) is 5.02 Å². The molecule has 2 aliphatic rings. The second-order valence-electron chi connectivity index (χ2n) is 11.9. The van der Waals surface area contributed by atoms with Crippen molar-refractivity contribution in [1.29, 1.82) is 0 Å². The molecule has 0 spiro atoms. The third-order valence-corrected chi connectivity index (χ3v) is 12.8. The van der Waals surface area contributed by atoms with Gasteiger partial charge in [0.25, 0.3) is 6.47 Å². The second kappa shape index (κ2) is 15.3. The number of carbonyl (C=O) groups is 1. The Kier molecular flexibility index (Phi) is 11.4. The Bertz CT molecular complexity index is 1690. The summed E-state index contributed by atoms with van der Waals surface area (Å²) < 4.78 is 64.4. The zero-order chi connectivity index (χ0) is 32.7. The van der Waals surface area contributed by atoms with E-state index in [-0.39, 0.29) is 34.8 Å². The number of piperidine rings is 1. The highest BCUT2D eigenvalue weighted by atomic mass is 35.5. The first-order valence-corrected chi connectivity index (χ1v) is 18.9. The van der Waals surface area contributed by atoms with E-state index in [9.17, 15) is 21.6 Å². The fourth-order valence-electron chi connectivity index (χ4n) is 6.27. The van der Waals surface area contributed by atoms with E-state index in [0.29, 0.717) is 35.0 Å². The van der Waals surface area contributed by atoms with Gasteiger partial charge in [-0.3, -0.25) is 4.79 Å². The lowest BCUT2D eigenvalue weighted by atomic mass is 9.98. The molecular weight excluding hydrogens is 648 g/mol. The number of hydrogen-bond donors (Lipinski definition) is 2. The number of nitrogens with zero attached hydrogens (tertiary/aromatic N) is 2. The Morgan fingerprint density at radius 2 is 1.46 bits per heavy atom. The Labute approximate surface area is 277 Å². The molecule has 46 heavy (non-hydrogen) atoms. The van der Waals surface area contributed by atoms with Crippen molar-refractivity contribution in [2.24, 2.45) is 5.92 Å². The van der Waals surface area contributed by atoms with Crippen molar-refractivity contribution in [3.8, 4) is 5.75 Å². The number of hydrogen-bond acceptors (Lipinski definition) is 8. The normalized spacial score (nSPS) is 16.6. The summed E-state index contributed by atoms with van der Waals surface area (Å²) in [4.78, 5) is 11.0. The van der Waals surface area contributed by atoms with E-state index in [1.54, 1.807) is 41.7 Å². The number of benzene rings is 3. The summed E-state index contributed by atoms with van der Waals surface area (Å²) in [5.74, 6) is 0.512. The molecule has 1 heterocycles. The highest BCUT2D eigenvalue weighted by molar-refractivity contribution is 7.89. The zero-order valence-corrected chi connectivity index (χ0v) is 28.3. The lowest BCUT2D eigenvalue weighted by Gasteiger charge is -2.30. The maximum absolute atomic E-state index is 14.2. The van der Waals surface area contributed by atoms with Gasteiger partial charge in [-0.2, -0.15) is 8.61 Å². The number of halogens is 1. The summed E-state index contributed by atoms with van der Waals surface area (Å²) in [6.07, 6.45) is 5.18. The van der Waals surface area contributed by atoms with Crippen LogP contribution in [0.15, 0.2) is 76.5 Å². The molecule has 0 atom stereocenters. The summed E-state index contributed by atoms with van der Waals surface area (Å²) in [6.45, 7) is 2.61. The fourth-order valence-corrected chi connectivity index (χ4v) is 9.57. The van der Waals surface area contributed by atoms with Crippen LogP contribution in [0.25, 0.3) is 0 Å². The van der Waals surface area contributed by atoms with Gasteiger partial charge < -0.3 is 15.4 Å². The van der Waals surface area contributed by atoms with Gasteiger partial charge in [0, 0.05) is 37.7 Å². The molecule has 3 aromatic rings. The summed E-state index contributed by atoms with van der Waals surface area (Å²) in [7, 11) is -6.23. The van der Waals surface area contributed by atoms with Crippen LogP contribution in [0, 0.1) is 5.92 Å². The number of carbonyl (C=O) groups excluding carboxylic acids is 1. The first kappa shape index (κ1) is 34.3. The van der Waals surface area contributed by atoms with Gasteiger partial charge in [-0.15, -0.1) is 0 Å². The Morgan fingerprint density at radius 3 is 2.07 bits per heavy atom. The van der Waals surface area contributed by atoms with Crippen LogP contribution in [0.3, 0.4) is 0 Å². The van der Waals surface area contributed by atoms with Crippen molar-refractivity contribution in [3.63, 3.8) is 0 Å². The van der Waals surface area contributed by atoms with Crippen molar-refractivity contribution in [2.75, 3.05) is 32.0 Å². The van der Waals surface area contributed by atoms with Crippen LogP contribution >= 0.6 is 11.6 Å². The SMILES string of the molecule is CNc1cc(CN(CC2CCNCC2)S(=O)(=O)c2ccc(S(=O)(=O)N(Cc3ccc(Cl)cc3)C3CCCC3)cc2)ccc1OC=O. The Balaban J connectivity index is 1.43. The number of anilines is 1. The van der Waals surface area contributed by atoms with E-state index in [1.165, 1.54) is 28.6 Å². The van der Waals surface area contributed by atoms with Gasteiger partial charge in [0.1, 0.15) is 0 Å². The third kappa shape index (κ3) is 8.10. The predicted molar refractivity (Wildman–Crippen MR) is 179 cm³/mol. The van der Waals surface area contributed by atoms with E-state index >= 15 is 0 Å². The van der Waals surface area contributed by atoms with Crippen molar-refractivity contribution in [3.05, 3.63) is 82.9 Å². The van der Waals surface area contributed by atoms with Crippen LogP contribution in [0.1, 0.15) is 49.7 Å². The molecule has 0 bridgehead atoms. The van der Waals surface area contributed by atoms with Crippen LogP contribution in [-0.4, -0.2) is 64.6 Å². The van der Waals surface area contributed by atoms with Gasteiger partial charge in [0.15, 0.2) is 5.75 Å². The molecule has 1 aliphatic carbocycles. The molecule has 5 rings (SSSR count). The maximum atomic E-state index is 14.2. The molecule has 0 aromatic heterocycles. The number of sulfonamides is 2. The summed E-state index contributed by atoms with van der Waals surface area (Å²) in [5, 5.41) is 6.89. The zero-order valence-electron chi connectivity index (χ0n) is 25.9. The smallest absolute Gasteiger partial charge is 0.298 e. The van der Waals surface area contributed by atoms with Crippen molar-refractivity contribution >= 4 is 43.8 Å². The molecule has 0 amide bonds. The Morgan fingerprint density at radius 1 is 0.848 bits per heavy atom. The first-order valence-electron chi connectivity index (χ1n) is 15.6. The summed E-state index contributed by atoms with van der Waals surface area (Å²) in [5.41, 5.74) is 2.11. The summed E-state index contributed by atoms with van der Waals surface area (Å²) in [6, 6.07) is 17.7. The highest BCUT2D eigenvalue weighted by Crippen LogP contribution is 2.32. The molecule has 2 N–H and O–H groups in total. The minimum atomic E-state index is -4.01. The Hall–Kier alpha value is -3.00. The molecule has 10 nitrogen and oxygen atoms in total. The largest absolute Gasteiger partial charge is 0.427 e. The van der Waals surface area contributed by atoms with Gasteiger partial charge >= 0.3 is 0 Å². The van der Waals surface area contributed by atoms with E-state index in [2.05, 4.69) is 10.6 Å². The van der Waals surface area contributed by atoms with Gasteiger partial charge in [-0.1, -0.05) is 42.6 Å². The lowest BCUT2D eigenvalue weighted by molar-refractivity contribution is -0.120. The molecule has 0 radical (unpaired) electrons. The van der Waals surface area contributed by atoms with E-state index < -0.39 is 20.0 Å². The molecule has 3 aromatic carbocycles. The van der Waals surface area contributed by atoms with Gasteiger partial charge in [0.05, 0.1) is 15.5 Å². The van der Waals surface area contributed by atoms with Crippen LogP contribution < -0.4 is 15.4 Å². The van der Waals surface area contributed by atoms with Crippen LogP contribution in [0.4, 0.5) is 5.69 Å². The molecule has 1 saturated carbocycles. The highest BCUT2D eigenvalue weighted by Gasteiger charge is 2.34. The van der Waals surface area contributed by atoms with Crippen molar-refractivity contribution < 1.29 is 26.4 Å². The van der Waals surface area contributed by atoms with Crippen molar-refractivity contribution in [2.45, 2.75) is 67.4 Å². The number of ether oxygens (including phenoxy) is 1. The van der Waals surface area contributed by atoms with E-state index in [0.717, 1.165) is 57.2 Å². The number of rotatable bonds is 14. The quantitative estimate of drug-likeness (QED) is 0.221. The topological polar surface area (TPSA) is 125 Å². The minimum Gasteiger partial charge on any atom is -0.427 e. The van der Waals surface area contributed by atoms with Crippen LogP contribution in [0.5, 0.6) is 5.75 Å². The first-order chi connectivity index (χ1) is 22.1. The molecular formula is C33H41ClN4O6S2. The predicted octanol–water partition coefficient (Wildman–Crippen LogP) is 5.24. The molecule has 1 aliphatic heterocycles. The van der Waals surface area contributed by atoms with E-state index in [1.807, 2.05) is 12.1 Å². The molecule has 2 fully saturated rings.